The van der Waals surface area contributed by atoms with Crippen molar-refractivity contribution in [3.63, 3.8) is 0 Å². The van der Waals surface area contributed by atoms with E-state index in [4.69, 9.17) is 21.9 Å². The summed E-state index contributed by atoms with van der Waals surface area (Å²) in [4.78, 5) is 4.36. The molecule has 0 saturated heterocycles. The molecule has 2 N–H and O–H groups in total. The molecule has 2 heterocycles. The first-order valence-corrected chi connectivity index (χ1v) is 7.08. The van der Waals surface area contributed by atoms with Crippen molar-refractivity contribution in [1.29, 1.82) is 0 Å². The van der Waals surface area contributed by atoms with Gasteiger partial charge in [0.05, 0.1) is 11.3 Å². The van der Waals surface area contributed by atoms with E-state index in [0.29, 0.717) is 33.7 Å². The van der Waals surface area contributed by atoms with Crippen LogP contribution in [-0.2, 0) is 6.42 Å². The molecule has 0 bridgehead atoms. The Morgan fingerprint density at radius 1 is 1.35 bits per heavy atom. The van der Waals surface area contributed by atoms with E-state index in [0.717, 1.165) is 11.3 Å². The topological polar surface area (TPSA) is 77.8 Å². The second kappa shape index (κ2) is 5.22. The molecule has 1 aromatic carbocycles. The Balaban J connectivity index is 1.90. The van der Waals surface area contributed by atoms with E-state index >= 15 is 0 Å². The summed E-state index contributed by atoms with van der Waals surface area (Å²) in [6.45, 7) is 1.86. The van der Waals surface area contributed by atoms with Gasteiger partial charge in [-0.1, -0.05) is 35.0 Å². The van der Waals surface area contributed by atoms with Crippen LogP contribution in [-0.4, -0.2) is 14.5 Å². The quantitative estimate of drug-likeness (QED) is 0.803. The van der Waals surface area contributed by atoms with Crippen molar-refractivity contribution in [2.75, 3.05) is 5.73 Å². The van der Waals surface area contributed by atoms with Crippen LogP contribution in [0.25, 0.3) is 11.5 Å². The van der Waals surface area contributed by atoms with Crippen LogP contribution in [0.5, 0.6) is 0 Å². The van der Waals surface area contributed by atoms with Gasteiger partial charge in [0, 0.05) is 11.4 Å². The van der Waals surface area contributed by atoms with E-state index in [1.54, 1.807) is 0 Å². The smallest absolute Gasteiger partial charge is 0.262 e. The van der Waals surface area contributed by atoms with Gasteiger partial charge in [-0.25, -0.2) is 0 Å². The molecule has 0 radical (unpaired) electrons. The maximum Gasteiger partial charge on any atom is 0.262 e. The first-order chi connectivity index (χ1) is 9.65. The summed E-state index contributed by atoms with van der Waals surface area (Å²) in [5.41, 5.74) is 8.33. The molecule has 0 unspecified atom stereocenters. The van der Waals surface area contributed by atoms with Gasteiger partial charge in [0.1, 0.15) is 5.00 Å². The number of hydrogen-bond donors (Lipinski definition) is 1. The number of nitrogens with zero attached hydrogens (tertiary/aromatic N) is 3. The Kier molecular flexibility index (Phi) is 3.42. The molecule has 0 aliphatic rings. The highest BCUT2D eigenvalue weighted by Crippen LogP contribution is 2.31. The van der Waals surface area contributed by atoms with Gasteiger partial charge in [-0.15, -0.1) is 0 Å². The minimum atomic E-state index is 0.399. The molecule has 20 heavy (non-hydrogen) atoms. The average molecular weight is 307 g/mol. The number of halogens is 1. The molecular formula is C13H11ClN4OS. The van der Waals surface area contributed by atoms with Crippen LogP contribution in [0.1, 0.15) is 17.1 Å². The molecule has 3 aromatic rings. The highest BCUT2D eigenvalue weighted by atomic mass is 35.5. The lowest BCUT2D eigenvalue weighted by molar-refractivity contribution is 0.424. The molecule has 0 spiro atoms. The van der Waals surface area contributed by atoms with Crippen LogP contribution < -0.4 is 5.73 Å². The summed E-state index contributed by atoms with van der Waals surface area (Å²) < 4.78 is 9.43. The largest absolute Gasteiger partial charge is 0.389 e. The SMILES string of the molecule is Cc1nsc(N)c1-c1nc(Cc2ccccc2Cl)no1. The van der Waals surface area contributed by atoms with Gasteiger partial charge >= 0.3 is 0 Å². The third kappa shape index (κ3) is 2.39. The first-order valence-electron chi connectivity index (χ1n) is 5.93. The maximum atomic E-state index is 6.12. The molecule has 0 fully saturated rings. The van der Waals surface area contributed by atoms with Crippen molar-refractivity contribution in [1.82, 2.24) is 14.5 Å². The summed E-state index contributed by atoms with van der Waals surface area (Å²) in [6, 6.07) is 7.58. The van der Waals surface area contributed by atoms with Crippen molar-refractivity contribution in [2.45, 2.75) is 13.3 Å². The summed E-state index contributed by atoms with van der Waals surface area (Å²) in [6.07, 6.45) is 0.514. The minimum Gasteiger partial charge on any atom is -0.389 e. The predicted octanol–water partition coefficient (Wildman–Crippen LogP) is 3.33. The van der Waals surface area contributed by atoms with E-state index in [9.17, 15) is 0 Å². The standard InChI is InChI=1S/C13H11ClN4OS/c1-7-11(12(15)20-18-7)13-16-10(17-19-13)6-8-4-2-3-5-9(8)14/h2-5H,6,15H2,1H3. The first kappa shape index (κ1) is 13.1. The van der Waals surface area contributed by atoms with Crippen LogP contribution in [0, 0.1) is 6.92 Å². The molecule has 0 aliphatic carbocycles. The number of hydrogen-bond acceptors (Lipinski definition) is 6. The number of anilines is 1. The van der Waals surface area contributed by atoms with Gasteiger partial charge in [0.2, 0.25) is 0 Å². The van der Waals surface area contributed by atoms with Crippen molar-refractivity contribution in [2.24, 2.45) is 0 Å². The van der Waals surface area contributed by atoms with E-state index in [1.807, 2.05) is 31.2 Å². The van der Waals surface area contributed by atoms with Gasteiger partial charge in [0.15, 0.2) is 5.82 Å². The maximum absolute atomic E-state index is 6.12. The molecule has 3 rings (SSSR count). The zero-order chi connectivity index (χ0) is 14.1. The summed E-state index contributed by atoms with van der Waals surface area (Å²) in [5.74, 6) is 0.967. The molecule has 0 aliphatic heterocycles. The molecular weight excluding hydrogens is 296 g/mol. The lowest BCUT2D eigenvalue weighted by Crippen LogP contribution is -1.92. The number of aromatic nitrogens is 3. The monoisotopic (exact) mass is 306 g/mol. The van der Waals surface area contributed by atoms with Crippen molar-refractivity contribution in [3.8, 4) is 11.5 Å². The zero-order valence-corrected chi connectivity index (χ0v) is 12.2. The van der Waals surface area contributed by atoms with Crippen molar-refractivity contribution < 1.29 is 4.52 Å². The number of aryl methyl sites for hydroxylation is 1. The molecule has 0 atom stereocenters. The average Bonchev–Trinajstić information content (AvgIpc) is 3.00. The number of nitrogen functional groups attached to an aromatic ring is 1. The van der Waals surface area contributed by atoms with Gasteiger partial charge in [-0.3, -0.25) is 0 Å². The fraction of sp³-hybridized carbons (Fsp3) is 0.154. The Morgan fingerprint density at radius 2 is 2.15 bits per heavy atom. The number of rotatable bonds is 3. The molecule has 5 nitrogen and oxygen atoms in total. The van der Waals surface area contributed by atoms with Crippen molar-refractivity contribution in [3.05, 3.63) is 46.4 Å². The second-order valence-corrected chi connectivity index (χ2v) is 5.50. The predicted molar refractivity (Wildman–Crippen MR) is 78.8 cm³/mol. The van der Waals surface area contributed by atoms with Gasteiger partial charge in [-0.05, 0) is 30.1 Å². The summed E-state index contributed by atoms with van der Waals surface area (Å²) in [5, 5.41) is 5.23. The normalized spacial score (nSPS) is 10.9. The van der Waals surface area contributed by atoms with E-state index in [-0.39, 0.29) is 0 Å². The van der Waals surface area contributed by atoms with E-state index in [1.165, 1.54) is 11.5 Å². The molecule has 2 aromatic heterocycles. The van der Waals surface area contributed by atoms with Crippen LogP contribution >= 0.6 is 23.1 Å². The van der Waals surface area contributed by atoms with Crippen LogP contribution in [0.4, 0.5) is 5.00 Å². The lowest BCUT2D eigenvalue weighted by atomic mass is 10.1. The fourth-order valence-corrected chi connectivity index (χ4v) is 2.74. The lowest BCUT2D eigenvalue weighted by Gasteiger charge is -1.98. The van der Waals surface area contributed by atoms with Gasteiger partial charge in [0.25, 0.3) is 5.89 Å². The van der Waals surface area contributed by atoms with E-state index in [2.05, 4.69) is 14.5 Å². The molecule has 0 saturated carbocycles. The third-order valence-corrected chi connectivity index (χ3v) is 4.01. The Labute approximate surface area is 124 Å². The molecule has 0 amide bonds. The Morgan fingerprint density at radius 3 is 2.85 bits per heavy atom. The molecule has 7 heteroatoms. The number of nitrogens with two attached hydrogens (primary N) is 1. The second-order valence-electron chi connectivity index (χ2n) is 4.29. The van der Waals surface area contributed by atoms with Crippen molar-refractivity contribution >= 4 is 28.1 Å². The third-order valence-electron chi connectivity index (χ3n) is 2.88. The summed E-state index contributed by atoms with van der Waals surface area (Å²) >= 11 is 7.34. The van der Waals surface area contributed by atoms with Crippen LogP contribution in [0.3, 0.4) is 0 Å². The zero-order valence-electron chi connectivity index (χ0n) is 10.6. The van der Waals surface area contributed by atoms with E-state index < -0.39 is 0 Å². The highest BCUT2D eigenvalue weighted by molar-refractivity contribution is 7.10. The summed E-state index contributed by atoms with van der Waals surface area (Å²) in [7, 11) is 0. The fourth-order valence-electron chi connectivity index (χ4n) is 1.89. The van der Waals surface area contributed by atoms with Gasteiger partial charge in [-0.2, -0.15) is 9.36 Å². The Bertz CT molecular complexity index is 733. The van der Waals surface area contributed by atoms with Gasteiger partial charge < -0.3 is 10.3 Å². The molecule has 102 valence electrons. The highest BCUT2D eigenvalue weighted by Gasteiger charge is 2.17. The van der Waals surface area contributed by atoms with Crippen LogP contribution in [0.15, 0.2) is 28.8 Å². The Hall–Kier alpha value is -1.92. The number of benzene rings is 1. The van der Waals surface area contributed by atoms with Crippen LogP contribution in [0.2, 0.25) is 5.02 Å². The minimum absolute atomic E-state index is 0.399.